The van der Waals surface area contributed by atoms with E-state index in [1.54, 1.807) is 36.4 Å². The van der Waals surface area contributed by atoms with Crippen LogP contribution in [0.4, 0.5) is 22.4 Å². The summed E-state index contributed by atoms with van der Waals surface area (Å²) in [6.07, 6.45) is -4.29. The maximum Gasteiger partial charge on any atom is 0.500 e. The summed E-state index contributed by atoms with van der Waals surface area (Å²) in [5, 5.41) is 2.72. The number of Topliss-reactive ketones (excluding diaryl/α,β-unsaturated/α-hetero) is 1. The normalized spacial score (nSPS) is 13.9. The van der Waals surface area contributed by atoms with Gasteiger partial charge in [-0.15, -0.1) is 0 Å². The Hall–Kier alpha value is -5.09. The number of benzene rings is 4. The number of ether oxygens (including phenoxy) is 3. The highest BCUT2D eigenvalue weighted by Gasteiger charge is 2.58. The summed E-state index contributed by atoms with van der Waals surface area (Å²) in [4.78, 5) is 37.4. The number of halogens is 4. The summed E-state index contributed by atoms with van der Waals surface area (Å²) in [5.41, 5.74) is -3.64. The summed E-state index contributed by atoms with van der Waals surface area (Å²) < 4.78 is 90.5. The average molecular weight is 814 g/mol. The number of nitrogens with one attached hydrogen (secondary N) is 1. The van der Waals surface area contributed by atoms with Crippen LogP contribution in [0, 0.1) is 0 Å². The second-order valence-corrected chi connectivity index (χ2v) is 16.5. The molecule has 0 aliphatic rings. The lowest BCUT2D eigenvalue weighted by Gasteiger charge is -2.31. The predicted molar refractivity (Wildman–Crippen MR) is 206 cm³/mol. The predicted octanol–water partition coefficient (Wildman–Crippen LogP) is 8.97. The lowest BCUT2D eigenvalue weighted by Crippen LogP contribution is -2.43. The lowest BCUT2D eigenvalue weighted by molar-refractivity contribution is -0.219. The van der Waals surface area contributed by atoms with Gasteiger partial charge >= 0.3 is 27.0 Å². The SMILES string of the molecule is COc1ccc(C(F)(c2ccc(C(=O)Oc3ccc(C(C)(CCCOC(=O)NCCC[Si](OC)(OC)OC)c4ccc(C(C)=O)cc4)cc3)cc2)C(F)(F)F)cc1. The molecule has 0 spiro atoms. The molecule has 306 valence electrons. The van der Waals surface area contributed by atoms with E-state index in [0.717, 1.165) is 47.5 Å². The van der Waals surface area contributed by atoms with Gasteiger partial charge in [0.2, 0.25) is 0 Å². The van der Waals surface area contributed by atoms with Crippen molar-refractivity contribution in [2.24, 2.45) is 0 Å². The minimum absolute atomic E-state index is 0.0789. The van der Waals surface area contributed by atoms with Gasteiger partial charge in [-0.1, -0.05) is 67.6 Å². The molecule has 0 bridgehead atoms. The molecule has 0 fully saturated rings. The molecule has 0 radical (unpaired) electrons. The zero-order chi connectivity index (χ0) is 41.9. The fourth-order valence-electron chi connectivity index (χ4n) is 6.43. The molecule has 15 heteroatoms. The zero-order valence-electron chi connectivity index (χ0n) is 32.7. The van der Waals surface area contributed by atoms with Gasteiger partial charge < -0.3 is 32.8 Å². The number of ketones is 1. The number of rotatable bonds is 19. The first-order valence-corrected chi connectivity index (χ1v) is 20.0. The first-order valence-electron chi connectivity index (χ1n) is 18.1. The van der Waals surface area contributed by atoms with Crippen molar-refractivity contribution in [1.29, 1.82) is 0 Å². The highest BCUT2D eigenvalue weighted by atomic mass is 28.4. The molecule has 0 heterocycles. The van der Waals surface area contributed by atoms with Crippen LogP contribution in [0.15, 0.2) is 97.1 Å². The highest BCUT2D eigenvalue weighted by molar-refractivity contribution is 6.60. The molecule has 0 saturated heterocycles. The van der Waals surface area contributed by atoms with E-state index in [0.29, 0.717) is 37.4 Å². The van der Waals surface area contributed by atoms with E-state index in [-0.39, 0.29) is 29.5 Å². The Bertz CT molecular complexity index is 1930. The Morgan fingerprint density at radius 3 is 1.61 bits per heavy atom. The van der Waals surface area contributed by atoms with Crippen molar-refractivity contribution in [3.63, 3.8) is 0 Å². The molecule has 10 nitrogen and oxygen atoms in total. The van der Waals surface area contributed by atoms with Crippen LogP contribution in [0.1, 0.15) is 76.1 Å². The standard InChI is InChI=1S/C42H47F4NO9Si/c1-29(48)30-9-13-32(14-10-30)40(2,25-7-27-55-39(50)47-26-8-28-57(52-4,53-5)54-6)33-17-23-37(24-18-33)56-38(49)31-11-15-34(16-12-31)41(43,42(44,45)46)35-19-21-36(51-3)22-20-35/h9-24H,7-8,25-28H2,1-6H3,(H,47,50). The second-order valence-electron chi connectivity index (χ2n) is 13.4. The number of alkyl carbamates (subject to hydrolysis) is 1. The van der Waals surface area contributed by atoms with Crippen LogP contribution in [0.25, 0.3) is 0 Å². The molecular formula is C42H47F4NO9Si. The van der Waals surface area contributed by atoms with E-state index in [2.05, 4.69) is 5.32 Å². The molecule has 4 rings (SSSR count). The topological polar surface area (TPSA) is 119 Å². The van der Waals surface area contributed by atoms with Gasteiger partial charge in [0.1, 0.15) is 11.5 Å². The third kappa shape index (κ3) is 10.7. The van der Waals surface area contributed by atoms with Gasteiger partial charge in [0.05, 0.1) is 19.3 Å². The summed E-state index contributed by atoms with van der Waals surface area (Å²) in [6, 6.07) is 22.9. The van der Waals surface area contributed by atoms with Crippen LogP contribution >= 0.6 is 0 Å². The molecule has 57 heavy (non-hydrogen) atoms. The zero-order valence-corrected chi connectivity index (χ0v) is 33.7. The minimum atomic E-state index is -5.30. The molecule has 1 amide bonds. The van der Waals surface area contributed by atoms with Crippen molar-refractivity contribution in [2.45, 2.75) is 56.4 Å². The van der Waals surface area contributed by atoms with Crippen LogP contribution in [0.3, 0.4) is 0 Å². The molecule has 0 aromatic heterocycles. The monoisotopic (exact) mass is 813 g/mol. The number of carbonyl (C=O) groups is 3. The summed E-state index contributed by atoms with van der Waals surface area (Å²) in [7, 11) is 3.16. The number of methoxy groups -OCH3 is 1. The van der Waals surface area contributed by atoms with E-state index in [1.807, 2.05) is 19.1 Å². The number of esters is 1. The molecule has 4 aromatic carbocycles. The van der Waals surface area contributed by atoms with E-state index >= 15 is 4.39 Å². The molecular weight excluding hydrogens is 767 g/mol. The molecule has 2 unspecified atom stereocenters. The Balaban J connectivity index is 1.44. The third-order valence-electron chi connectivity index (χ3n) is 9.94. The van der Waals surface area contributed by atoms with Crippen molar-refractivity contribution < 1.29 is 59.4 Å². The molecule has 2 atom stereocenters. The van der Waals surface area contributed by atoms with E-state index < -0.39 is 49.3 Å². The Morgan fingerprint density at radius 2 is 1.12 bits per heavy atom. The van der Waals surface area contributed by atoms with Gasteiger partial charge in [-0.2, -0.15) is 13.2 Å². The smallest absolute Gasteiger partial charge is 0.497 e. The van der Waals surface area contributed by atoms with Crippen LogP contribution in [0.5, 0.6) is 11.5 Å². The van der Waals surface area contributed by atoms with Crippen LogP contribution in [-0.4, -0.2) is 74.4 Å². The van der Waals surface area contributed by atoms with Gasteiger partial charge in [-0.25, -0.2) is 14.0 Å². The quantitative estimate of drug-likeness (QED) is 0.0247. The highest BCUT2D eigenvalue weighted by Crippen LogP contribution is 2.48. The molecule has 0 saturated carbocycles. The van der Waals surface area contributed by atoms with Crippen molar-refractivity contribution in [3.8, 4) is 11.5 Å². The first kappa shape index (κ1) is 44.6. The Kier molecular flexibility index (Phi) is 15.2. The van der Waals surface area contributed by atoms with Crippen LogP contribution in [0.2, 0.25) is 6.04 Å². The van der Waals surface area contributed by atoms with E-state index in [9.17, 15) is 27.6 Å². The second kappa shape index (κ2) is 19.4. The van der Waals surface area contributed by atoms with Crippen LogP contribution in [-0.2, 0) is 29.1 Å². The van der Waals surface area contributed by atoms with Gasteiger partial charge in [-0.05, 0) is 73.7 Å². The fourth-order valence-corrected chi connectivity index (χ4v) is 8.15. The molecule has 4 aromatic rings. The maximum absolute atomic E-state index is 15.9. The van der Waals surface area contributed by atoms with Crippen molar-refractivity contribution in [3.05, 3.63) is 130 Å². The van der Waals surface area contributed by atoms with Gasteiger partial charge in [-0.3, -0.25) is 4.79 Å². The summed E-state index contributed by atoms with van der Waals surface area (Å²) in [5.74, 6) is -0.504. The van der Waals surface area contributed by atoms with Crippen molar-refractivity contribution in [2.75, 3.05) is 41.6 Å². The van der Waals surface area contributed by atoms with Gasteiger partial charge in [0.15, 0.2) is 5.78 Å². The Morgan fingerprint density at radius 1 is 0.649 bits per heavy atom. The Labute approximate surface area is 330 Å². The molecule has 0 aliphatic heterocycles. The number of alkyl halides is 4. The first-order chi connectivity index (χ1) is 27.1. The fraction of sp³-hybridized carbons (Fsp3) is 0.357. The van der Waals surface area contributed by atoms with Gasteiger partial charge in [0.25, 0.3) is 5.67 Å². The van der Waals surface area contributed by atoms with Crippen molar-refractivity contribution >= 4 is 26.7 Å². The maximum atomic E-state index is 15.9. The van der Waals surface area contributed by atoms with Gasteiger partial charge in [0, 0.05) is 56.0 Å². The van der Waals surface area contributed by atoms with E-state index in [1.165, 1.54) is 47.5 Å². The average Bonchev–Trinajstić information content (AvgIpc) is 3.22. The number of hydrogen-bond donors (Lipinski definition) is 1. The van der Waals surface area contributed by atoms with E-state index in [4.69, 9.17) is 27.5 Å². The molecule has 0 aliphatic carbocycles. The van der Waals surface area contributed by atoms with Crippen LogP contribution < -0.4 is 14.8 Å². The number of hydrogen-bond acceptors (Lipinski definition) is 9. The third-order valence-corrected chi connectivity index (χ3v) is 12.8. The van der Waals surface area contributed by atoms with Crippen molar-refractivity contribution in [1.82, 2.24) is 5.32 Å². The lowest BCUT2D eigenvalue weighted by atomic mass is 9.73. The number of amides is 1. The molecule has 1 N–H and O–H groups in total. The number of carbonyl (C=O) groups excluding carboxylic acids is 3. The minimum Gasteiger partial charge on any atom is -0.497 e. The summed E-state index contributed by atoms with van der Waals surface area (Å²) >= 11 is 0. The largest absolute Gasteiger partial charge is 0.500 e. The summed E-state index contributed by atoms with van der Waals surface area (Å²) in [6.45, 7) is 3.96.